The summed E-state index contributed by atoms with van der Waals surface area (Å²) >= 11 is 0. The standard InChI is InChI=1S/C36H46O16/c1-9-16(2)25(39)50-19-13-20(49-17(3)37)33(27(40)43-6)14-47-22-23(33)32(19)15-48-35(45-8,28(41)44-7)26(32)30(4,24(22)38)36-21-12-18(31(36,5)52-36)34(42)10-11-46-29(34)51-21/h9,18-23,26,29,42H,10-15H2,1-8H3/b16-9+/t18-,19+,20-,21+,22-,23-,26+,29+,30-,31+,32+,33+,34+,35+,36+/m1/s1. The van der Waals surface area contributed by atoms with E-state index in [0.29, 0.717) is 6.42 Å². The van der Waals surface area contributed by atoms with Crippen LogP contribution >= 0.6 is 0 Å². The number of methoxy groups -OCH3 is 3. The lowest BCUT2D eigenvalue weighted by Crippen LogP contribution is -2.78. The zero-order valence-electron chi connectivity index (χ0n) is 30.5. The molecular formula is C36H46O16. The highest BCUT2D eigenvalue weighted by Gasteiger charge is 2.97. The van der Waals surface area contributed by atoms with Gasteiger partial charge in [-0.2, -0.15) is 0 Å². The largest absolute Gasteiger partial charge is 0.468 e. The average Bonchev–Trinajstić information content (AvgIpc) is 3.52. The summed E-state index contributed by atoms with van der Waals surface area (Å²) in [5.41, 5.74) is -9.17. The Hall–Kier alpha value is -2.99. The van der Waals surface area contributed by atoms with Gasteiger partial charge in [-0.05, 0) is 34.1 Å². The number of hydrogen-bond acceptors (Lipinski definition) is 16. The van der Waals surface area contributed by atoms with Crippen LogP contribution in [-0.2, 0) is 71.3 Å². The molecule has 8 rings (SSSR count). The first-order chi connectivity index (χ1) is 24.5. The predicted molar refractivity (Wildman–Crippen MR) is 168 cm³/mol. The molecule has 1 N–H and O–H groups in total. The number of carbonyl (C=O) groups excluding carboxylic acids is 5. The molecule has 3 saturated carbocycles. The second-order valence-electron chi connectivity index (χ2n) is 16.0. The van der Waals surface area contributed by atoms with Crippen LogP contribution in [0.3, 0.4) is 0 Å². The van der Waals surface area contributed by atoms with Gasteiger partial charge in [0, 0.05) is 49.7 Å². The van der Waals surface area contributed by atoms with Crippen molar-refractivity contribution in [1.82, 2.24) is 0 Å². The molecule has 0 radical (unpaired) electrons. The van der Waals surface area contributed by atoms with Crippen LogP contribution in [-0.4, -0.2) is 129 Å². The molecule has 3 aliphatic carbocycles. The lowest BCUT2D eigenvalue weighted by Gasteiger charge is -2.63. The molecule has 0 aromatic heterocycles. The summed E-state index contributed by atoms with van der Waals surface area (Å²) in [4.78, 5) is 70.7. The average molecular weight is 735 g/mol. The Morgan fingerprint density at radius 2 is 1.65 bits per heavy atom. The van der Waals surface area contributed by atoms with E-state index in [0.717, 1.165) is 7.11 Å². The third-order valence-corrected chi connectivity index (χ3v) is 14.5. The number of Topliss-reactive ketones (excluding diaryl/α,β-unsaturated/α-hetero) is 1. The molecule has 0 amide bonds. The minimum absolute atomic E-state index is 0.252. The van der Waals surface area contributed by atoms with Gasteiger partial charge in [0.25, 0.3) is 5.79 Å². The first-order valence-corrected chi connectivity index (χ1v) is 17.7. The third-order valence-electron chi connectivity index (χ3n) is 14.5. The molecular weight excluding hydrogens is 688 g/mol. The van der Waals surface area contributed by atoms with Crippen LogP contribution in [0.2, 0.25) is 0 Å². The minimum Gasteiger partial charge on any atom is -0.468 e. The van der Waals surface area contributed by atoms with Gasteiger partial charge in [0.15, 0.2) is 12.1 Å². The summed E-state index contributed by atoms with van der Waals surface area (Å²) in [7, 11) is 3.58. The maximum absolute atomic E-state index is 15.8. The van der Waals surface area contributed by atoms with Crippen molar-refractivity contribution in [2.24, 2.45) is 34.0 Å². The maximum atomic E-state index is 15.8. The van der Waals surface area contributed by atoms with Crippen LogP contribution in [0.5, 0.6) is 0 Å². The van der Waals surface area contributed by atoms with E-state index in [4.69, 9.17) is 47.4 Å². The molecule has 5 heterocycles. The second kappa shape index (κ2) is 11.0. The second-order valence-corrected chi connectivity index (χ2v) is 16.0. The monoisotopic (exact) mass is 734 g/mol. The van der Waals surface area contributed by atoms with Gasteiger partial charge in [-0.3, -0.25) is 14.4 Å². The number of rotatable bonds is 7. The van der Waals surface area contributed by atoms with E-state index < -0.39 is 124 Å². The van der Waals surface area contributed by atoms with Crippen LogP contribution in [0, 0.1) is 34.0 Å². The van der Waals surface area contributed by atoms with E-state index in [2.05, 4.69) is 0 Å². The molecule has 16 heteroatoms. The highest BCUT2D eigenvalue weighted by molar-refractivity contribution is 5.97. The molecule has 8 aliphatic rings. The van der Waals surface area contributed by atoms with Crippen molar-refractivity contribution in [3.63, 3.8) is 0 Å². The Balaban J connectivity index is 1.41. The highest BCUT2D eigenvalue weighted by atomic mass is 16.7. The van der Waals surface area contributed by atoms with Crippen molar-refractivity contribution in [3.8, 4) is 0 Å². The fourth-order valence-corrected chi connectivity index (χ4v) is 12.4. The van der Waals surface area contributed by atoms with Crippen molar-refractivity contribution in [3.05, 3.63) is 11.6 Å². The number of allylic oxidation sites excluding steroid dienone is 1. The smallest absolute Gasteiger partial charge is 0.366 e. The molecule has 8 fully saturated rings. The van der Waals surface area contributed by atoms with Crippen molar-refractivity contribution >= 4 is 29.7 Å². The normalized spacial score (nSPS) is 52.2. The van der Waals surface area contributed by atoms with Gasteiger partial charge < -0.3 is 52.5 Å². The summed E-state index contributed by atoms with van der Waals surface area (Å²) in [5, 5.41) is 12.0. The van der Waals surface area contributed by atoms with Crippen molar-refractivity contribution in [2.45, 2.75) is 107 Å². The van der Waals surface area contributed by atoms with E-state index in [9.17, 15) is 24.3 Å². The van der Waals surface area contributed by atoms with E-state index in [1.807, 2.05) is 6.92 Å². The summed E-state index contributed by atoms with van der Waals surface area (Å²) in [5.74, 6) is -9.31. The molecule has 2 bridgehead atoms. The lowest BCUT2D eigenvalue weighted by atomic mass is 9.38. The summed E-state index contributed by atoms with van der Waals surface area (Å²) in [6.07, 6.45) is -3.85. The van der Waals surface area contributed by atoms with Gasteiger partial charge >= 0.3 is 23.9 Å². The topological polar surface area (TPSA) is 201 Å². The number of ketones is 1. The molecule has 286 valence electrons. The molecule has 5 saturated heterocycles. The van der Waals surface area contributed by atoms with E-state index in [1.54, 1.807) is 26.8 Å². The summed E-state index contributed by atoms with van der Waals surface area (Å²) in [6, 6.07) is 0. The molecule has 0 unspecified atom stereocenters. The van der Waals surface area contributed by atoms with Gasteiger partial charge in [-0.25, -0.2) is 9.59 Å². The zero-order chi connectivity index (χ0) is 37.6. The van der Waals surface area contributed by atoms with E-state index in [-0.39, 0.29) is 31.6 Å². The minimum atomic E-state index is -2.33. The van der Waals surface area contributed by atoms with Crippen LogP contribution in [0.25, 0.3) is 0 Å². The maximum Gasteiger partial charge on any atom is 0.366 e. The third kappa shape index (κ3) is 3.70. The SMILES string of the molecule is C/C=C(\C)C(=O)O[C@H]1C[C@@H](OC(C)=O)[C@@]2(C(=O)OC)CO[C@H]3C(=O)[C@@](C)([C@]45O[C@@]4(C)[C@H]4C[C@@H]5O[C@@H]5OCC[C@@]54O)[C@@H]4[C@@](OC)(C(=O)OC)OC[C@@]14[C@@H]32. The molecule has 15 atom stereocenters. The Kier molecular flexibility index (Phi) is 7.65. The first kappa shape index (κ1) is 36.0. The fraction of sp³-hybridized carbons (Fsp3) is 0.806. The van der Waals surface area contributed by atoms with Crippen LogP contribution in [0.4, 0.5) is 0 Å². The van der Waals surface area contributed by atoms with E-state index in [1.165, 1.54) is 21.1 Å². The number of ether oxygens (including phenoxy) is 10. The number of carbonyl (C=O) groups is 5. The fourth-order valence-electron chi connectivity index (χ4n) is 12.4. The van der Waals surface area contributed by atoms with Gasteiger partial charge in [0.2, 0.25) is 0 Å². The van der Waals surface area contributed by atoms with Crippen molar-refractivity contribution in [2.75, 3.05) is 41.2 Å². The number of hydrogen-bond donors (Lipinski definition) is 1. The van der Waals surface area contributed by atoms with Gasteiger partial charge in [-0.1, -0.05) is 6.08 Å². The van der Waals surface area contributed by atoms with E-state index >= 15 is 4.79 Å². The summed E-state index contributed by atoms with van der Waals surface area (Å²) < 4.78 is 61.1. The molecule has 0 aromatic rings. The van der Waals surface area contributed by atoms with Crippen LogP contribution in [0.1, 0.15) is 53.9 Å². The molecule has 16 nitrogen and oxygen atoms in total. The van der Waals surface area contributed by atoms with Crippen LogP contribution in [0.15, 0.2) is 11.6 Å². The van der Waals surface area contributed by atoms with Crippen LogP contribution < -0.4 is 0 Å². The Bertz CT molecular complexity index is 1680. The Labute approximate surface area is 300 Å². The Morgan fingerprint density at radius 1 is 0.942 bits per heavy atom. The molecule has 1 spiro atoms. The Morgan fingerprint density at radius 3 is 2.29 bits per heavy atom. The van der Waals surface area contributed by atoms with Gasteiger partial charge in [0.05, 0.1) is 51.5 Å². The predicted octanol–water partition coefficient (Wildman–Crippen LogP) is 0.536. The quantitative estimate of drug-likeness (QED) is 0.164. The van der Waals surface area contributed by atoms with Crippen molar-refractivity contribution in [1.29, 1.82) is 0 Å². The van der Waals surface area contributed by atoms with Gasteiger partial charge in [-0.15, -0.1) is 0 Å². The number of fused-ring (bicyclic) bond motifs is 7. The summed E-state index contributed by atoms with van der Waals surface area (Å²) in [6.45, 7) is 7.37. The molecule has 0 aromatic carbocycles. The number of aliphatic hydroxyl groups is 1. The highest BCUT2D eigenvalue weighted by Crippen LogP contribution is 2.82. The number of esters is 4. The first-order valence-electron chi connectivity index (χ1n) is 17.7. The van der Waals surface area contributed by atoms with Gasteiger partial charge in [0.1, 0.15) is 40.5 Å². The lowest BCUT2D eigenvalue weighted by molar-refractivity contribution is -0.292. The molecule has 5 aliphatic heterocycles. The molecule has 52 heavy (non-hydrogen) atoms. The zero-order valence-corrected chi connectivity index (χ0v) is 30.5. The van der Waals surface area contributed by atoms with Crippen molar-refractivity contribution < 1.29 is 76.4 Å². The number of epoxide rings is 1.